The fourth-order valence-electron chi connectivity index (χ4n) is 3.77. The molecule has 154 valence electrons. The van der Waals surface area contributed by atoms with E-state index in [9.17, 15) is 9.90 Å². The molecule has 0 atom stereocenters. The Labute approximate surface area is 176 Å². The van der Waals surface area contributed by atoms with Gasteiger partial charge in [-0.05, 0) is 49.5 Å². The normalized spacial score (nSPS) is 19.1. The van der Waals surface area contributed by atoms with E-state index in [1.807, 2.05) is 47.3 Å². The summed E-state index contributed by atoms with van der Waals surface area (Å²) in [6.45, 7) is 0.651. The Hall–Kier alpha value is -3.25. The standard InChI is InChI=1S/C24H26N4O2/c29-22-11-9-21(10-12-22)26-23(30)13-8-20-17-28(16-18-5-2-1-3-6-18)27-24(20)19-7-4-14-25-15-19/h1-8,13-15,17,21-22,29H,9-12,16H2,(H,26,30)/b13-8+. The Kier molecular flexibility index (Phi) is 6.35. The van der Waals surface area contributed by atoms with Gasteiger partial charge in [-0.25, -0.2) is 0 Å². The summed E-state index contributed by atoms with van der Waals surface area (Å²) in [7, 11) is 0. The maximum absolute atomic E-state index is 12.4. The smallest absolute Gasteiger partial charge is 0.244 e. The lowest BCUT2D eigenvalue weighted by molar-refractivity contribution is -0.117. The number of nitrogens with zero attached hydrogens (tertiary/aromatic N) is 3. The molecule has 0 unspecified atom stereocenters. The van der Waals surface area contributed by atoms with E-state index in [0.717, 1.165) is 48.1 Å². The van der Waals surface area contributed by atoms with E-state index in [1.165, 1.54) is 0 Å². The summed E-state index contributed by atoms with van der Waals surface area (Å²) in [6.07, 6.45) is 11.7. The zero-order chi connectivity index (χ0) is 20.8. The number of pyridine rings is 1. The third kappa shape index (κ3) is 5.21. The van der Waals surface area contributed by atoms with Crippen LogP contribution in [-0.2, 0) is 11.3 Å². The van der Waals surface area contributed by atoms with Crippen molar-refractivity contribution in [1.29, 1.82) is 0 Å². The molecule has 0 spiro atoms. The Morgan fingerprint density at radius 3 is 2.67 bits per heavy atom. The maximum Gasteiger partial charge on any atom is 0.244 e. The number of hydrogen-bond donors (Lipinski definition) is 2. The van der Waals surface area contributed by atoms with Crippen molar-refractivity contribution in [3.8, 4) is 11.3 Å². The van der Waals surface area contributed by atoms with Crippen LogP contribution in [0.15, 0.2) is 67.1 Å². The number of aliphatic hydroxyl groups is 1. The Bertz CT molecular complexity index is 991. The van der Waals surface area contributed by atoms with Gasteiger partial charge >= 0.3 is 0 Å². The molecular formula is C24H26N4O2. The molecule has 1 aliphatic carbocycles. The molecule has 0 radical (unpaired) electrons. The van der Waals surface area contributed by atoms with Crippen molar-refractivity contribution in [1.82, 2.24) is 20.1 Å². The van der Waals surface area contributed by atoms with Crippen LogP contribution in [0.5, 0.6) is 0 Å². The van der Waals surface area contributed by atoms with Gasteiger partial charge in [-0.15, -0.1) is 0 Å². The molecule has 2 heterocycles. The second kappa shape index (κ2) is 9.50. The maximum atomic E-state index is 12.4. The van der Waals surface area contributed by atoms with Crippen LogP contribution in [0.2, 0.25) is 0 Å². The first-order valence-corrected chi connectivity index (χ1v) is 10.4. The minimum absolute atomic E-state index is 0.121. The Morgan fingerprint density at radius 1 is 1.13 bits per heavy atom. The SMILES string of the molecule is O=C(/C=C/c1cn(Cc2ccccc2)nc1-c1cccnc1)NC1CCC(O)CC1. The molecule has 1 aromatic carbocycles. The van der Waals surface area contributed by atoms with Crippen LogP contribution >= 0.6 is 0 Å². The van der Waals surface area contributed by atoms with Gasteiger partial charge in [-0.3, -0.25) is 14.5 Å². The van der Waals surface area contributed by atoms with Gasteiger partial charge in [0.05, 0.1) is 12.6 Å². The zero-order valence-electron chi connectivity index (χ0n) is 16.8. The predicted octanol–water partition coefficient (Wildman–Crippen LogP) is 3.43. The molecule has 0 aliphatic heterocycles. The number of amides is 1. The van der Waals surface area contributed by atoms with Gasteiger partial charge in [-0.1, -0.05) is 30.3 Å². The second-order valence-corrected chi connectivity index (χ2v) is 7.71. The first-order valence-electron chi connectivity index (χ1n) is 10.4. The van der Waals surface area contributed by atoms with Crippen LogP contribution in [0.3, 0.4) is 0 Å². The number of aliphatic hydroxyl groups excluding tert-OH is 1. The van der Waals surface area contributed by atoms with Crippen LogP contribution in [0.1, 0.15) is 36.8 Å². The third-order valence-electron chi connectivity index (χ3n) is 5.37. The van der Waals surface area contributed by atoms with E-state index < -0.39 is 0 Å². The number of rotatable bonds is 6. The Morgan fingerprint density at radius 2 is 1.93 bits per heavy atom. The zero-order valence-corrected chi connectivity index (χ0v) is 16.8. The van der Waals surface area contributed by atoms with E-state index in [4.69, 9.17) is 5.10 Å². The average molecular weight is 402 g/mol. The highest BCUT2D eigenvalue weighted by Crippen LogP contribution is 2.23. The molecule has 6 heteroatoms. The van der Waals surface area contributed by atoms with Crippen LogP contribution in [0.25, 0.3) is 17.3 Å². The number of hydrogen-bond acceptors (Lipinski definition) is 4. The summed E-state index contributed by atoms with van der Waals surface area (Å²) in [5, 5.41) is 17.4. The number of carbonyl (C=O) groups is 1. The fraction of sp³-hybridized carbons (Fsp3) is 0.292. The van der Waals surface area contributed by atoms with Crippen molar-refractivity contribution in [2.45, 2.75) is 44.4 Å². The second-order valence-electron chi connectivity index (χ2n) is 7.71. The molecule has 2 N–H and O–H groups in total. The molecule has 3 aromatic rings. The molecule has 1 amide bonds. The molecule has 1 saturated carbocycles. The van der Waals surface area contributed by atoms with Crippen molar-refractivity contribution in [2.75, 3.05) is 0 Å². The van der Waals surface area contributed by atoms with Gasteiger partial charge < -0.3 is 10.4 Å². The summed E-state index contributed by atoms with van der Waals surface area (Å²) in [4.78, 5) is 16.6. The molecule has 1 fully saturated rings. The van der Waals surface area contributed by atoms with Crippen molar-refractivity contribution in [3.05, 3.63) is 78.3 Å². The van der Waals surface area contributed by atoms with Crippen LogP contribution < -0.4 is 5.32 Å². The van der Waals surface area contributed by atoms with Gasteiger partial charge in [-0.2, -0.15) is 5.10 Å². The third-order valence-corrected chi connectivity index (χ3v) is 5.37. The summed E-state index contributed by atoms with van der Waals surface area (Å²) < 4.78 is 1.89. The lowest BCUT2D eigenvalue weighted by Gasteiger charge is -2.25. The van der Waals surface area contributed by atoms with Gasteiger partial charge in [0, 0.05) is 41.8 Å². The van der Waals surface area contributed by atoms with E-state index in [0.29, 0.717) is 6.54 Å². The van der Waals surface area contributed by atoms with E-state index in [-0.39, 0.29) is 18.1 Å². The fourth-order valence-corrected chi connectivity index (χ4v) is 3.77. The molecule has 6 nitrogen and oxygen atoms in total. The minimum atomic E-state index is -0.230. The van der Waals surface area contributed by atoms with Crippen molar-refractivity contribution >= 4 is 12.0 Å². The van der Waals surface area contributed by atoms with Gasteiger partial charge in [0.25, 0.3) is 0 Å². The topological polar surface area (TPSA) is 80.0 Å². The number of aromatic nitrogens is 3. The van der Waals surface area contributed by atoms with Crippen molar-refractivity contribution < 1.29 is 9.90 Å². The number of nitrogens with one attached hydrogen (secondary N) is 1. The van der Waals surface area contributed by atoms with Crippen LogP contribution in [0, 0.1) is 0 Å². The molecule has 1 aliphatic rings. The molecule has 0 bridgehead atoms. The van der Waals surface area contributed by atoms with E-state index in [1.54, 1.807) is 18.5 Å². The van der Waals surface area contributed by atoms with Crippen molar-refractivity contribution in [3.63, 3.8) is 0 Å². The highest BCUT2D eigenvalue weighted by molar-refractivity contribution is 5.93. The molecule has 2 aromatic heterocycles. The summed E-state index contributed by atoms with van der Waals surface area (Å²) in [5.74, 6) is -0.121. The molecular weight excluding hydrogens is 376 g/mol. The van der Waals surface area contributed by atoms with Crippen molar-refractivity contribution in [2.24, 2.45) is 0 Å². The highest BCUT2D eigenvalue weighted by Gasteiger charge is 2.20. The summed E-state index contributed by atoms with van der Waals surface area (Å²) >= 11 is 0. The quantitative estimate of drug-likeness (QED) is 0.619. The first-order chi connectivity index (χ1) is 14.7. The Balaban J connectivity index is 1.51. The van der Waals surface area contributed by atoms with Gasteiger partial charge in [0.2, 0.25) is 5.91 Å². The predicted molar refractivity (Wildman–Crippen MR) is 116 cm³/mol. The average Bonchev–Trinajstić information content (AvgIpc) is 3.18. The minimum Gasteiger partial charge on any atom is -0.393 e. The largest absolute Gasteiger partial charge is 0.393 e. The highest BCUT2D eigenvalue weighted by atomic mass is 16.3. The van der Waals surface area contributed by atoms with Crippen LogP contribution in [-0.4, -0.2) is 37.9 Å². The van der Waals surface area contributed by atoms with Gasteiger partial charge in [0.15, 0.2) is 0 Å². The number of carbonyl (C=O) groups excluding carboxylic acids is 1. The molecule has 4 rings (SSSR count). The molecule has 30 heavy (non-hydrogen) atoms. The number of benzene rings is 1. The lowest BCUT2D eigenvalue weighted by Crippen LogP contribution is -2.37. The van der Waals surface area contributed by atoms with E-state index in [2.05, 4.69) is 22.4 Å². The lowest BCUT2D eigenvalue weighted by atomic mass is 9.93. The van der Waals surface area contributed by atoms with E-state index >= 15 is 0 Å². The van der Waals surface area contributed by atoms with Gasteiger partial charge in [0.1, 0.15) is 5.69 Å². The monoisotopic (exact) mass is 402 g/mol. The summed E-state index contributed by atoms with van der Waals surface area (Å²) in [6, 6.07) is 14.1. The summed E-state index contributed by atoms with van der Waals surface area (Å²) in [5.41, 5.74) is 3.73. The molecule has 0 saturated heterocycles. The first kappa shape index (κ1) is 20.0. The van der Waals surface area contributed by atoms with Crippen LogP contribution in [0.4, 0.5) is 0 Å².